The number of hydrogen-bond donors (Lipinski definition) is 0. The molecule has 2 heterocycles. The molecule has 0 amide bonds. The molecule has 2 rings (SSSR count). The van der Waals surface area contributed by atoms with Gasteiger partial charge in [-0.2, -0.15) is 0 Å². The molecule has 0 saturated heterocycles. The third kappa shape index (κ3) is 23.3. The van der Waals surface area contributed by atoms with Gasteiger partial charge in [-0.25, -0.2) is 0 Å². The molecule has 0 bridgehead atoms. The van der Waals surface area contributed by atoms with E-state index in [0.717, 1.165) is 52.4 Å². The van der Waals surface area contributed by atoms with Crippen LogP contribution in [0.25, 0.3) is 0 Å². The van der Waals surface area contributed by atoms with Crippen molar-refractivity contribution in [1.29, 1.82) is 0 Å². The van der Waals surface area contributed by atoms with Crippen molar-refractivity contribution in [3.63, 3.8) is 0 Å². The molecule has 2 aliphatic rings. The molecule has 0 spiro atoms. The van der Waals surface area contributed by atoms with E-state index in [1.165, 1.54) is 96.3 Å². The zero-order valence-electron chi connectivity index (χ0n) is 27.6. The number of carbonyl (C=O) groups excluding carboxylic acids is 1. The monoisotopic (exact) mass is 690 g/mol. The van der Waals surface area contributed by atoms with Gasteiger partial charge in [0.25, 0.3) is 0 Å². The smallest absolute Gasteiger partial charge is 0.306 e. The second-order valence-corrected chi connectivity index (χ2v) is 11.9. The van der Waals surface area contributed by atoms with Crippen LogP contribution in [0.2, 0.25) is 0 Å². The van der Waals surface area contributed by atoms with Crippen LogP contribution in [0.5, 0.6) is 0 Å². The van der Waals surface area contributed by atoms with Gasteiger partial charge >= 0.3 is 5.97 Å². The minimum Gasteiger partial charge on any atom is -0.459 e. The van der Waals surface area contributed by atoms with Gasteiger partial charge in [0.2, 0.25) is 0 Å². The molecule has 0 unspecified atom stereocenters. The van der Waals surface area contributed by atoms with Crippen LogP contribution < -0.4 is 0 Å². The highest BCUT2D eigenvalue weighted by molar-refractivity contribution is 5.86. The van der Waals surface area contributed by atoms with Crippen LogP contribution in [0.1, 0.15) is 136 Å². The van der Waals surface area contributed by atoms with E-state index in [1.54, 1.807) is 0 Å². The molecule has 10 heteroatoms. The third-order valence-corrected chi connectivity index (χ3v) is 7.96. The van der Waals surface area contributed by atoms with Crippen LogP contribution in [0, 0.1) is 0 Å². The number of hydrogen-bond acceptors (Lipinski definition) is 6. The summed E-state index contributed by atoms with van der Waals surface area (Å²) in [5, 5.41) is 0. The summed E-state index contributed by atoms with van der Waals surface area (Å²) in [5.74, 6) is -0.0277. The summed E-state index contributed by atoms with van der Waals surface area (Å²) in [7, 11) is 0. The normalized spacial score (nSPS) is 13.6. The Bertz CT molecular complexity index is 653. The number of nitrogens with zero attached hydrogens (tertiary/aromatic N) is 4. The van der Waals surface area contributed by atoms with E-state index in [-0.39, 0.29) is 61.7 Å². The minimum absolute atomic E-state index is 0. The first kappa shape index (κ1) is 46.7. The van der Waals surface area contributed by atoms with Crippen molar-refractivity contribution in [3.05, 3.63) is 24.8 Å². The molecule has 0 fully saturated rings. The van der Waals surface area contributed by atoms with E-state index in [9.17, 15) is 4.79 Å². The Labute approximate surface area is 290 Å². The van der Waals surface area contributed by atoms with Gasteiger partial charge in [-0.05, 0) is 19.3 Å². The molecule has 6 nitrogen and oxygen atoms in total. The van der Waals surface area contributed by atoms with Gasteiger partial charge in [0, 0.05) is 44.3 Å². The first-order valence-electron chi connectivity index (χ1n) is 16.7. The summed E-state index contributed by atoms with van der Waals surface area (Å²) in [5.41, 5.74) is 0. The van der Waals surface area contributed by atoms with Crippen LogP contribution in [-0.4, -0.2) is 71.2 Å². The number of esters is 1. The molecule has 0 saturated carbocycles. The molecular weight excluding hydrogens is 626 g/mol. The third-order valence-electron chi connectivity index (χ3n) is 7.96. The number of rotatable bonds is 25. The maximum absolute atomic E-state index is 12.8. The van der Waals surface area contributed by atoms with Crippen LogP contribution in [0.15, 0.2) is 24.8 Å². The summed E-state index contributed by atoms with van der Waals surface area (Å²) in [6, 6.07) is 0. The average Bonchev–Trinajstić information content (AvgIpc) is 3.58. The molecule has 0 N–H and O–H groups in total. The lowest BCUT2D eigenvalue weighted by molar-refractivity contribution is -0.150. The molecule has 0 atom stereocenters. The lowest BCUT2D eigenvalue weighted by Gasteiger charge is -2.29. The highest BCUT2D eigenvalue weighted by atomic mass is 35.5. The number of unbranched alkanes of at least 4 members (excludes halogenated alkanes) is 14. The highest BCUT2D eigenvalue weighted by Gasteiger charge is 2.24. The first-order valence-corrected chi connectivity index (χ1v) is 16.7. The van der Waals surface area contributed by atoms with Crippen LogP contribution in [-0.2, 0) is 9.53 Å². The zero-order chi connectivity index (χ0) is 28.0. The molecule has 258 valence electrons. The van der Waals surface area contributed by atoms with E-state index in [4.69, 9.17) is 4.74 Å². The van der Waals surface area contributed by atoms with E-state index in [1.807, 2.05) is 0 Å². The maximum atomic E-state index is 12.8. The standard InChI is InChI=1S/C33H62N4O2.4ClH/c1-4-7-10-11-12-13-14-15-16-17-18-19-20-21-33(38)39-32(28-36-26-24-34(30-36)22-8-5-2)29-37-27-25-35(31-37)23-9-6-3;;;;/h24-27,32H,4-23,28-31H2,1-3H3;4*1H. The van der Waals surface area contributed by atoms with E-state index in [2.05, 4.69) is 65.2 Å². The summed E-state index contributed by atoms with van der Waals surface area (Å²) in [6.45, 7) is 12.2. The first-order chi connectivity index (χ1) is 19.1. The van der Waals surface area contributed by atoms with Crippen molar-refractivity contribution in [3.8, 4) is 0 Å². The molecular formula is C33H66Cl4N4O2. The average molecular weight is 693 g/mol. The van der Waals surface area contributed by atoms with E-state index < -0.39 is 0 Å². The van der Waals surface area contributed by atoms with Crippen LogP contribution >= 0.6 is 49.6 Å². The molecule has 0 radical (unpaired) electrons. The fourth-order valence-electron chi connectivity index (χ4n) is 5.47. The molecule has 0 aromatic rings. The molecule has 0 aliphatic carbocycles. The van der Waals surface area contributed by atoms with E-state index in [0.29, 0.717) is 6.42 Å². The lowest BCUT2D eigenvalue weighted by atomic mass is 10.0. The van der Waals surface area contributed by atoms with Gasteiger partial charge in [-0.15, -0.1) is 49.6 Å². The largest absolute Gasteiger partial charge is 0.459 e. The Kier molecular flexibility index (Phi) is 34.0. The summed E-state index contributed by atoms with van der Waals surface area (Å²) in [6.07, 6.45) is 31.1. The summed E-state index contributed by atoms with van der Waals surface area (Å²) in [4.78, 5) is 22.1. The lowest BCUT2D eigenvalue weighted by Crippen LogP contribution is -2.41. The van der Waals surface area contributed by atoms with Gasteiger partial charge < -0.3 is 24.3 Å². The van der Waals surface area contributed by atoms with Crippen molar-refractivity contribution in [2.45, 2.75) is 142 Å². The Morgan fingerprint density at radius 1 is 0.535 bits per heavy atom. The Morgan fingerprint density at radius 2 is 0.884 bits per heavy atom. The van der Waals surface area contributed by atoms with Crippen molar-refractivity contribution in [2.24, 2.45) is 0 Å². The molecule has 2 aliphatic heterocycles. The van der Waals surface area contributed by atoms with Crippen molar-refractivity contribution in [2.75, 3.05) is 39.5 Å². The highest BCUT2D eigenvalue weighted by Crippen LogP contribution is 2.16. The topological polar surface area (TPSA) is 39.3 Å². The number of carbonyl (C=O) groups is 1. The SMILES string of the molecule is CCCCCCCCCCCCCCCC(=O)OC(CN1C=CN(CCCC)C1)CN1C=CN(CCCC)C1.Cl.Cl.Cl.Cl. The van der Waals surface area contributed by atoms with Gasteiger partial charge in [-0.1, -0.05) is 111 Å². The predicted octanol–water partition coefficient (Wildman–Crippen LogP) is 9.76. The van der Waals surface area contributed by atoms with Crippen LogP contribution in [0.3, 0.4) is 0 Å². The van der Waals surface area contributed by atoms with E-state index >= 15 is 0 Å². The van der Waals surface area contributed by atoms with Crippen LogP contribution in [0.4, 0.5) is 0 Å². The van der Waals surface area contributed by atoms with Crippen molar-refractivity contribution >= 4 is 55.6 Å². The van der Waals surface area contributed by atoms with Gasteiger partial charge in [-0.3, -0.25) is 4.79 Å². The summed E-state index contributed by atoms with van der Waals surface area (Å²) < 4.78 is 6.09. The molecule has 43 heavy (non-hydrogen) atoms. The Hall–Kier alpha value is -0.690. The van der Waals surface area contributed by atoms with Gasteiger partial charge in [0.15, 0.2) is 0 Å². The Balaban J connectivity index is -0.00000400. The molecule has 0 aromatic heterocycles. The van der Waals surface area contributed by atoms with Gasteiger partial charge in [0.05, 0.1) is 26.4 Å². The number of ether oxygens (including phenoxy) is 1. The maximum Gasteiger partial charge on any atom is 0.306 e. The Morgan fingerprint density at radius 3 is 1.28 bits per heavy atom. The predicted molar refractivity (Wildman–Crippen MR) is 194 cm³/mol. The van der Waals surface area contributed by atoms with Crippen molar-refractivity contribution < 1.29 is 9.53 Å². The second kappa shape index (κ2) is 31.3. The fourth-order valence-corrected chi connectivity index (χ4v) is 5.47. The summed E-state index contributed by atoms with van der Waals surface area (Å²) >= 11 is 0. The zero-order valence-corrected chi connectivity index (χ0v) is 30.9. The second-order valence-electron chi connectivity index (χ2n) is 11.9. The molecule has 0 aromatic carbocycles. The quantitative estimate of drug-likeness (QED) is 0.0701. The fraction of sp³-hybridized carbons (Fsp3) is 0.848. The van der Waals surface area contributed by atoms with Crippen molar-refractivity contribution in [1.82, 2.24) is 19.6 Å². The minimum atomic E-state index is -0.119. The van der Waals surface area contributed by atoms with Gasteiger partial charge in [0.1, 0.15) is 6.10 Å². The number of halogens is 4.